The molecule has 0 fully saturated rings. The molecule has 7 nitrogen and oxygen atoms in total. The third kappa shape index (κ3) is 5.46. The lowest BCUT2D eigenvalue weighted by Crippen LogP contribution is -2.27. The van der Waals surface area contributed by atoms with Crippen LogP contribution in [0.15, 0.2) is 12.2 Å². The first kappa shape index (κ1) is 13.7. The first-order valence-corrected chi connectivity index (χ1v) is 5.16. The van der Waals surface area contributed by atoms with Crippen LogP contribution in [0.4, 0.5) is 0 Å². The Morgan fingerprint density at radius 2 is 1.86 bits per heavy atom. The lowest BCUT2D eigenvalue weighted by molar-refractivity contribution is 0.0648. The van der Waals surface area contributed by atoms with Crippen LogP contribution in [0, 0.1) is 0 Å². The summed E-state index contributed by atoms with van der Waals surface area (Å²) in [6, 6.07) is 0. The van der Waals surface area contributed by atoms with Gasteiger partial charge in [-0.15, -0.1) is 0 Å². The molecular formula is C6H13O7P. The Bertz CT molecular complexity index is 234. The number of hydrogen-bond donors (Lipinski definition) is 5. The number of hydrogen-bond acceptors (Lipinski definition) is 5. The van der Waals surface area contributed by atoms with E-state index >= 15 is 0 Å². The Morgan fingerprint density at radius 3 is 2.21 bits per heavy atom. The lowest BCUT2D eigenvalue weighted by atomic mass is 10.1. The highest BCUT2D eigenvalue weighted by molar-refractivity contribution is 7.46. The summed E-state index contributed by atoms with van der Waals surface area (Å²) in [6.45, 7) is 1.91. The number of aliphatic hydroxyl groups is 3. The summed E-state index contributed by atoms with van der Waals surface area (Å²) in [5.74, 6) is 0. The minimum atomic E-state index is -4.64. The fraction of sp³-hybridized carbons (Fsp3) is 0.667. The van der Waals surface area contributed by atoms with Crippen LogP contribution in [0.3, 0.4) is 0 Å². The van der Waals surface area contributed by atoms with Crippen LogP contribution in [0.2, 0.25) is 0 Å². The van der Waals surface area contributed by atoms with Crippen molar-refractivity contribution in [2.75, 3.05) is 13.2 Å². The molecule has 0 rings (SSSR count). The van der Waals surface area contributed by atoms with Crippen molar-refractivity contribution in [1.82, 2.24) is 0 Å². The Kier molecular flexibility index (Phi) is 5.46. The molecule has 0 aliphatic heterocycles. The molecule has 2 atom stereocenters. The fourth-order valence-corrected chi connectivity index (χ4v) is 0.949. The minimum absolute atomic E-state index is 0.166. The van der Waals surface area contributed by atoms with Gasteiger partial charge in [-0.2, -0.15) is 0 Å². The summed E-state index contributed by atoms with van der Waals surface area (Å²) in [7, 11) is -4.64. The van der Waals surface area contributed by atoms with E-state index in [-0.39, 0.29) is 5.57 Å². The van der Waals surface area contributed by atoms with Gasteiger partial charge in [-0.1, -0.05) is 6.58 Å². The topological polar surface area (TPSA) is 127 Å². The van der Waals surface area contributed by atoms with Gasteiger partial charge in [0.1, 0.15) is 12.2 Å². The van der Waals surface area contributed by atoms with Gasteiger partial charge < -0.3 is 25.1 Å². The third-order valence-corrected chi connectivity index (χ3v) is 1.91. The molecular weight excluding hydrogens is 215 g/mol. The molecule has 0 unspecified atom stereocenters. The molecule has 0 spiro atoms. The maximum absolute atomic E-state index is 10.2. The van der Waals surface area contributed by atoms with Gasteiger partial charge in [0.15, 0.2) is 0 Å². The minimum Gasteiger partial charge on any atom is -0.393 e. The standard InChI is InChI=1S/C6H13O7P/c1-4(5(8)2-7)6(9)3-13-14(10,11)12/h5-9H,1-3H2,(H2,10,11,12)/t5-,6+/m0/s1. The van der Waals surface area contributed by atoms with Crippen LogP contribution in [-0.4, -0.2) is 50.5 Å². The molecule has 0 aliphatic carbocycles. The first-order chi connectivity index (χ1) is 6.28. The highest BCUT2D eigenvalue weighted by atomic mass is 31.2. The van der Waals surface area contributed by atoms with Crippen LogP contribution in [0.5, 0.6) is 0 Å². The van der Waals surface area contributed by atoms with E-state index < -0.39 is 33.2 Å². The summed E-state index contributed by atoms with van der Waals surface area (Å²) in [5, 5.41) is 26.6. The highest BCUT2D eigenvalue weighted by Gasteiger charge is 2.21. The van der Waals surface area contributed by atoms with Crippen LogP contribution in [-0.2, 0) is 9.09 Å². The molecule has 0 aromatic heterocycles. The van der Waals surface area contributed by atoms with Gasteiger partial charge >= 0.3 is 7.82 Å². The number of phosphoric acid groups is 1. The fourth-order valence-electron chi connectivity index (χ4n) is 0.614. The molecule has 0 saturated heterocycles. The van der Waals surface area contributed by atoms with E-state index in [1.165, 1.54) is 0 Å². The molecule has 14 heavy (non-hydrogen) atoms. The number of aliphatic hydroxyl groups excluding tert-OH is 3. The highest BCUT2D eigenvalue weighted by Crippen LogP contribution is 2.36. The van der Waals surface area contributed by atoms with E-state index in [4.69, 9.17) is 25.1 Å². The molecule has 5 N–H and O–H groups in total. The van der Waals surface area contributed by atoms with E-state index in [0.717, 1.165) is 0 Å². The van der Waals surface area contributed by atoms with Crippen molar-refractivity contribution in [2.45, 2.75) is 12.2 Å². The molecule has 0 amide bonds. The van der Waals surface area contributed by atoms with Crippen LogP contribution < -0.4 is 0 Å². The summed E-state index contributed by atoms with van der Waals surface area (Å²) in [4.78, 5) is 16.6. The Hall–Kier alpha value is -0.270. The maximum atomic E-state index is 10.2. The van der Waals surface area contributed by atoms with E-state index in [1.807, 2.05) is 0 Å². The van der Waals surface area contributed by atoms with Gasteiger partial charge in [0.25, 0.3) is 0 Å². The summed E-state index contributed by atoms with van der Waals surface area (Å²) >= 11 is 0. The quantitative estimate of drug-likeness (QED) is 0.272. The smallest absolute Gasteiger partial charge is 0.393 e. The predicted molar refractivity (Wildman–Crippen MR) is 46.2 cm³/mol. The Labute approximate surface area is 80.5 Å². The second-order valence-corrected chi connectivity index (χ2v) is 3.81. The van der Waals surface area contributed by atoms with Crippen LogP contribution in [0.1, 0.15) is 0 Å². The molecule has 0 aromatic carbocycles. The van der Waals surface area contributed by atoms with Crippen molar-refractivity contribution in [3.05, 3.63) is 12.2 Å². The molecule has 0 heterocycles. The SMILES string of the molecule is C=C([C@H](O)COP(=O)(O)O)[C@@H](O)CO. The molecule has 0 bridgehead atoms. The molecule has 0 aliphatic rings. The van der Waals surface area contributed by atoms with Gasteiger partial charge in [-0.25, -0.2) is 4.57 Å². The molecule has 8 heteroatoms. The maximum Gasteiger partial charge on any atom is 0.469 e. The van der Waals surface area contributed by atoms with E-state index in [0.29, 0.717) is 0 Å². The van der Waals surface area contributed by atoms with Crippen molar-refractivity contribution >= 4 is 7.82 Å². The average Bonchev–Trinajstić information content (AvgIpc) is 2.10. The second kappa shape index (κ2) is 5.57. The Morgan fingerprint density at radius 1 is 1.36 bits per heavy atom. The van der Waals surface area contributed by atoms with Gasteiger partial charge in [-0.3, -0.25) is 4.52 Å². The van der Waals surface area contributed by atoms with Gasteiger partial charge in [0.05, 0.1) is 13.2 Å². The number of rotatable bonds is 6. The van der Waals surface area contributed by atoms with Gasteiger partial charge in [-0.05, 0) is 5.57 Å². The zero-order chi connectivity index (χ0) is 11.4. The van der Waals surface area contributed by atoms with E-state index in [9.17, 15) is 4.57 Å². The van der Waals surface area contributed by atoms with Crippen molar-refractivity contribution in [1.29, 1.82) is 0 Å². The molecule has 0 radical (unpaired) electrons. The largest absolute Gasteiger partial charge is 0.469 e. The van der Waals surface area contributed by atoms with Crippen molar-refractivity contribution < 1.29 is 34.2 Å². The monoisotopic (exact) mass is 228 g/mol. The number of phosphoric ester groups is 1. The summed E-state index contributed by atoms with van der Waals surface area (Å²) < 4.78 is 14.2. The summed E-state index contributed by atoms with van der Waals surface area (Å²) in [5.41, 5.74) is -0.166. The van der Waals surface area contributed by atoms with E-state index in [1.54, 1.807) is 0 Å². The van der Waals surface area contributed by atoms with Crippen molar-refractivity contribution in [2.24, 2.45) is 0 Å². The van der Waals surface area contributed by atoms with Crippen molar-refractivity contribution in [3.63, 3.8) is 0 Å². The molecule has 0 aromatic rings. The predicted octanol–water partition coefficient (Wildman–Crippen LogP) is -1.63. The average molecular weight is 228 g/mol. The zero-order valence-electron chi connectivity index (χ0n) is 7.28. The molecule has 84 valence electrons. The Balaban J connectivity index is 4.03. The zero-order valence-corrected chi connectivity index (χ0v) is 8.17. The van der Waals surface area contributed by atoms with Crippen LogP contribution in [0.25, 0.3) is 0 Å². The van der Waals surface area contributed by atoms with Gasteiger partial charge in [0.2, 0.25) is 0 Å². The lowest BCUT2D eigenvalue weighted by Gasteiger charge is -2.17. The third-order valence-electron chi connectivity index (χ3n) is 1.43. The van der Waals surface area contributed by atoms with Crippen LogP contribution >= 0.6 is 7.82 Å². The molecule has 0 saturated carbocycles. The van der Waals surface area contributed by atoms with E-state index in [2.05, 4.69) is 11.1 Å². The van der Waals surface area contributed by atoms with Crippen molar-refractivity contribution in [3.8, 4) is 0 Å². The summed E-state index contributed by atoms with van der Waals surface area (Å²) in [6.07, 6.45) is -2.78. The first-order valence-electron chi connectivity index (χ1n) is 3.63. The second-order valence-electron chi connectivity index (χ2n) is 2.58. The normalized spacial score (nSPS) is 16.4. The van der Waals surface area contributed by atoms with Gasteiger partial charge in [0, 0.05) is 0 Å².